The molecular formula is C6H11NO8. The second-order valence-electron chi connectivity index (χ2n) is 3.06. The van der Waals surface area contributed by atoms with Gasteiger partial charge >= 0.3 is 0 Å². The Bertz CT molecular complexity index is 235. The molecule has 0 bridgehead atoms. The minimum Gasteiger partial charge on any atom is -0.388 e. The average molecular weight is 225 g/mol. The number of aliphatic hydroxyl groups excluding tert-OH is 4. The Hall–Kier alpha value is -1.00. The summed E-state index contributed by atoms with van der Waals surface area (Å²) < 4.78 is 4.60. The van der Waals surface area contributed by atoms with E-state index in [-0.39, 0.29) is 0 Å². The van der Waals surface area contributed by atoms with Crippen molar-refractivity contribution in [2.45, 2.75) is 30.7 Å². The van der Waals surface area contributed by atoms with Crippen LogP contribution in [0.1, 0.15) is 0 Å². The van der Waals surface area contributed by atoms with Crippen LogP contribution < -0.4 is 0 Å². The third-order valence-electron chi connectivity index (χ3n) is 2.03. The molecule has 0 spiro atoms. The number of hydrogen-bond donors (Lipinski definition) is 4. The molecule has 88 valence electrons. The molecule has 1 rings (SSSR count). The van der Waals surface area contributed by atoms with Crippen LogP contribution in [-0.4, -0.2) is 62.8 Å². The monoisotopic (exact) mass is 225 g/mol. The molecule has 0 aliphatic carbocycles. The largest absolute Gasteiger partial charge is 0.388 e. The summed E-state index contributed by atoms with van der Waals surface area (Å²) in [5, 5.41) is 45.3. The molecule has 1 aliphatic heterocycles. The van der Waals surface area contributed by atoms with E-state index in [0.29, 0.717) is 0 Å². The van der Waals surface area contributed by atoms with Gasteiger partial charge in [-0.2, -0.15) is 0 Å². The topological polar surface area (TPSA) is 143 Å². The molecule has 15 heavy (non-hydrogen) atoms. The molecule has 0 aromatic rings. The molecule has 0 radical (unpaired) electrons. The van der Waals surface area contributed by atoms with Crippen molar-refractivity contribution < 1.29 is 35.1 Å². The van der Waals surface area contributed by atoms with Crippen LogP contribution in [0.25, 0.3) is 0 Å². The zero-order chi connectivity index (χ0) is 11.6. The molecule has 1 heterocycles. The van der Waals surface area contributed by atoms with Crippen molar-refractivity contribution in [3.8, 4) is 0 Å². The molecular weight excluding hydrogens is 214 g/mol. The summed E-state index contributed by atoms with van der Waals surface area (Å²) in [6.07, 6.45) is -7.86. The lowest BCUT2D eigenvalue weighted by Gasteiger charge is -2.37. The Morgan fingerprint density at radius 1 is 1.20 bits per heavy atom. The number of hydrogen-bond acceptors (Lipinski definition) is 8. The van der Waals surface area contributed by atoms with Gasteiger partial charge in [0.1, 0.15) is 31.0 Å². The average Bonchev–Trinajstić information content (AvgIpc) is 2.18. The Morgan fingerprint density at radius 3 is 2.33 bits per heavy atom. The second kappa shape index (κ2) is 4.68. The van der Waals surface area contributed by atoms with Gasteiger partial charge in [-0.1, -0.05) is 0 Å². The standard InChI is InChI=1S/C6H11NO8/c8-3-2(1-14-7(12)13)15-6(11)5(10)4(3)9/h2-6,8-11H,1H2/t2-,3-,4+,5-,6-/m1/s1. The first-order valence-electron chi connectivity index (χ1n) is 4.08. The molecule has 9 nitrogen and oxygen atoms in total. The van der Waals surface area contributed by atoms with Gasteiger partial charge in [0.05, 0.1) is 0 Å². The van der Waals surface area contributed by atoms with E-state index in [9.17, 15) is 20.3 Å². The fourth-order valence-electron chi connectivity index (χ4n) is 1.20. The first-order valence-corrected chi connectivity index (χ1v) is 4.08. The maximum Gasteiger partial charge on any atom is 0.294 e. The molecule has 0 aromatic heterocycles. The Balaban J connectivity index is 2.54. The van der Waals surface area contributed by atoms with E-state index in [1.807, 2.05) is 0 Å². The van der Waals surface area contributed by atoms with Crippen LogP contribution in [0.4, 0.5) is 0 Å². The van der Waals surface area contributed by atoms with Crippen molar-refractivity contribution in [1.29, 1.82) is 0 Å². The van der Waals surface area contributed by atoms with E-state index < -0.39 is 42.4 Å². The van der Waals surface area contributed by atoms with E-state index in [1.54, 1.807) is 0 Å². The summed E-state index contributed by atoms with van der Waals surface area (Å²) in [5.74, 6) is 0. The van der Waals surface area contributed by atoms with Gasteiger partial charge in [-0.05, 0) is 0 Å². The fraction of sp³-hybridized carbons (Fsp3) is 1.00. The highest BCUT2D eigenvalue weighted by molar-refractivity contribution is 4.88. The maximum atomic E-state index is 9.85. The minimum atomic E-state index is -1.72. The second-order valence-corrected chi connectivity index (χ2v) is 3.06. The van der Waals surface area contributed by atoms with Crippen LogP contribution in [0.2, 0.25) is 0 Å². The highest BCUT2D eigenvalue weighted by Gasteiger charge is 2.43. The SMILES string of the molecule is O=[N+]([O-])OC[C@H]1O[C@@H](O)[C@H](O)[C@@H](O)[C@@H]1O. The first kappa shape index (κ1) is 12.1. The van der Waals surface area contributed by atoms with Crippen LogP contribution in [0.15, 0.2) is 0 Å². The lowest BCUT2D eigenvalue weighted by Crippen LogP contribution is -2.58. The number of ether oxygens (including phenoxy) is 1. The molecule has 0 saturated carbocycles. The Morgan fingerprint density at radius 2 is 1.80 bits per heavy atom. The predicted molar refractivity (Wildman–Crippen MR) is 41.8 cm³/mol. The summed E-state index contributed by atoms with van der Waals surface area (Å²) in [6.45, 7) is -0.644. The molecule has 1 saturated heterocycles. The highest BCUT2D eigenvalue weighted by Crippen LogP contribution is 2.19. The number of rotatable bonds is 3. The van der Waals surface area contributed by atoms with Gasteiger partial charge in [-0.3, -0.25) is 0 Å². The van der Waals surface area contributed by atoms with E-state index in [1.165, 1.54) is 0 Å². The Kier molecular flexibility index (Phi) is 3.77. The first-order chi connectivity index (χ1) is 6.93. The molecule has 1 fully saturated rings. The summed E-state index contributed by atoms with van der Waals surface area (Å²) >= 11 is 0. The quantitative estimate of drug-likeness (QED) is 0.294. The highest BCUT2D eigenvalue weighted by atomic mass is 17.0. The smallest absolute Gasteiger partial charge is 0.294 e. The lowest BCUT2D eigenvalue weighted by molar-refractivity contribution is -0.760. The molecule has 0 aromatic carbocycles. The molecule has 0 amide bonds. The molecule has 9 heteroatoms. The third kappa shape index (κ3) is 2.73. The maximum absolute atomic E-state index is 9.85. The lowest BCUT2D eigenvalue weighted by atomic mass is 9.99. The summed E-state index contributed by atoms with van der Waals surface area (Å²) in [6, 6.07) is 0. The van der Waals surface area contributed by atoms with Crippen LogP contribution in [0.3, 0.4) is 0 Å². The van der Waals surface area contributed by atoms with Crippen molar-refractivity contribution >= 4 is 0 Å². The third-order valence-corrected chi connectivity index (χ3v) is 2.03. The fourth-order valence-corrected chi connectivity index (χ4v) is 1.20. The zero-order valence-corrected chi connectivity index (χ0v) is 7.46. The summed E-state index contributed by atoms with van der Waals surface area (Å²) in [5.41, 5.74) is 0. The summed E-state index contributed by atoms with van der Waals surface area (Å²) in [7, 11) is 0. The van der Waals surface area contributed by atoms with Crippen molar-refractivity contribution in [1.82, 2.24) is 0 Å². The number of aliphatic hydroxyl groups is 4. The molecule has 4 N–H and O–H groups in total. The van der Waals surface area contributed by atoms with Gasteiger partial charge in [0.15, 0.2) is 6.29 Å². The molecule has 5 atom stereocenters. The van der Waals surface area contributed by atoms with Crippen LogP contribution >= 0.6 is 0 Å². The van der Waals surface area contributed by atoms with E-state index in [4.69, 9.17) is 10.2 Å². The van der Waals surface area contributed by atoms with Gasteiger partial charge in [-0.15, -0.1) is 10.1 Å². The Labute approximate surface area is 83.6 Å². The van der Waals surface area contributed by atoms with Gasteiger partial charge in [-0.25, -0.2) is 0 Å². The van der Waals surface area contributed by atoms with Crippen molar-refractivity contribution in [3.05, 3.63) is 10.1 Å². The van der Waals surface area contributed by atoms with Gasteiger partial charge in [0.2, 0.25) is 0 Å². The van der Waals surface area contributed by atoms with Gasteiger partial charge in [0, 0.05) is 0 Å². The van der Waals surface area contributed by atoms with Gasteiger partial charge in [0.25, 0.3) is 5.09 Å². The van der Waals surface area contributed by atoms with E-state index >= 15 is 0 Å². The predicted octanol–water partition coefficient (Wildman–Crippen LogP) is -3.01. The zero-order valence-electron chi connectivity index (χ0n) is 7.46. The number of nitrogens with zero attached hydrogens (tertiary/aromatic N) is 1. The minimum absolute atomic E-state index is 0.644. The molecule has 1 aliphatic rings. The van der Waals surface area contributed by atoms with E-state index in [2.05, 4.69) is 9.57 Å². The normalized spacial score (nSPS) is 41.2. The van der Waals surface area contributed by atoms with Crippen LogP contribution in [0, 0.1) is 10.1 Å². The van der Waals surface area contributed by atoms with Gasteiger partial charge < -0.3 is 30.0 Å². The van der Waals surface area contributed by atoms with Crippen LogP contribution in [0.5, 0.6) is 0 Å². The van der Waals surface area contributed by atoms with Crippen molar-refractivity contribution in [3.63, 3.8) is 0 Å². The van der Waals surface area contributed by atoms with Crippen molar-refractivity contribution in [2.24, 2.45) is 0 Å². The van der Waals surface area contributed by atoms with E-state index in [0.717, 1.165) is 0 Å². The van der Waals surface area contributed by atoms with Crippen molar-refractivity contribution in [2.75, 3.05) is 6.61 Å². The van der Waals surface area contributed by atoms with Crippen LogP contribution in [-0.2, 0) is 9.57 Å². The summed E-state index contributed by atoms with van der Waals surface area (Å²) in [4.78, 5) is 13.8. The molecule has 0 unspecified atom stereocenters.